The molecular weight excluding hydrogens is 880 g/mol. The number of carbonyl (C=O) groups excluding carboxylic acids is 3. The molecule has 0 aromatic heterocycles. The average Bonchev–Trinajstić information content (AvgIpc) is 3.32. The molecule has 0 aliphatic carbocycles. The van der Waals surface area contributed by atoms with E-state index in [1.807, 2.05) is 0 Å². The molecule has 2 N–H and O–H groups in total. The Morgan fingerprint density at radius 3 is 1.24 bits per heavy atom. The first-order chi connectivity index (χ1) is 33.2. The molecule has 0 amide bonds. The summed E-state index contributed by atoms with van der Waals surface area (Å²) in [5.41, 5.74) is 0. The zero-order chi connectivity index (χ0) is 49.9. The Labute approximate surface area is 412 Å². The lowest BCUT2D eigenvalue weighted by atomic mass is 10.1. The number of unbranched alkanes of at least 4 members (excludes halogenated alkanes) is 14. The summed E-state index contributed by atoms with van der Waals surface area (Å²) in [6.45, 7) is 4.28. The third kappa shape index (κ3) is 47.5. The van der Waals surface area contributed by atoms with Crippen LogP contribution in [0.2, 0.25) is 0 Å². The maximum Gasteiger partial charge on any atom is 0.472 e. The molecule has 11 nitrogen and oxygen atoms in total. The number of phosphoric ester groups is 1. The summed E-state index contributed by atoms with van der Waals surface area (Å²) in [6.07, 6.45) is 56.7. The molecular formula is C56H93O11P. The Balaban J connectivity index is 4.86. The molecule has 0 fully saturated rings. The predicted octanol–water partition coefficient (Wildman–Crippen LogP) is 14.9. The Morgan fingerprint density at radius 2 is 0.765 bits per heavy atom. The standard InChI is InChI=1S/C56H93O11P/c1-4-7-10-13-16-19-22-25-26-29-32-35-38-41-44-47-56(60)67-53(49-63-54(58)45-42-39-36-33-30-27-23-20-17-14-11-8-5-2)51-65-68(61,62)64-50-52(48-57)66-55(59)46-43-40-37-34-31-28-24-21-18-15-12-9-6-3/h7-8,10-11,16-17,19-21,24-27,30,32,35,52-53,57H,4-6,9,12-15,18,22-23,28-29,31,33-34,36-51H2,1-3H3,(H,61,62)/b10-7-,11-8-,19-16-,20-17-,24-21-,26-25-,30-27-,35-32-. The van der Waals surface area contributed by atoms with Crippen LogP contribution in [0.5, 0.6) is 0 Å². The number of carbonyl (C=O) groups is 3. The second kappa shape index (κ2) is 49.8. The van der Waals surface area contributed by atoms with Gasteiger partial charge in [-0.15, -0.1) is 0 Å². The molecule has 0 rings (SSSR count). The van der Waals surface area contributed by atoms with Crippen molar-refractivity contribution in [3.05, 3.63) is 97.2 Å². The number of rotatable bonds is 47. The van der Waals surface area contributed by atoms with Crippen molar-refractivity contribution in [3.8, 4) is 0 Å². The van der Waals surface area contributed by atoms with Gasteiger partial charge in [-0.1, -0.05) is 163 Å². The number of hydrogen-bond acceptors (Lipinski definition) is 10. The molecule has 0 saturated heterocycles. The fraction of sp³-hybridized carbons (Fsp3) is 0.661. The lowest BCUT2D eigenvalue weighted by Crippen LogP contribution is -2.30. The maximum atomic E-state index is 12.8. The van der Waals surface area contributed by atoms with Gasteiger partial charge in [0, 0.05) is 19.3 Å². The monoisotopic (exact) mass is 973 g/mol. The fourth-order valence-electron chi connectivity index (χ4n) is 6.53. The minimum absolute atomic E-state index is 0.104. The molecule has 0 aliphatic heterocycles. The molecule has 0 heterocycles. The maximum absolute atomic E-state index is 12.8. The third-order valence-electron chi connectivity index (χ3n) is 10.5. The van der Waals surface area contributed by atoms with E-state index in [-0.39, 0.29) is 25.9 Å². The van der Waals surface area contributed by atoms with Crippen LogP contribution in [0.4, 0.5) is 0 Å². The molecule has 0 radical (unpaired) electrons. The van der Waals surface area contributed by atoms with E-state index < -0.39 is 57.8 Å². The number of ether oxygens (including phenoxy) is 3. The van der Waals surface area contributed by atoms with Crippen LogP contribution in [0.1, 0.15) is 201 Å². The Hall–Kier alpha value is -3.60. The van der Waals surface area contributed by atoms with Crippen molar-refractivity contribution in [3.63, 3.8) is 0 Å². The molecule has 0 aromatic carbocycles. The summed E-state index contributed by atoms with van der Waals surface area (Å²) in [7, 11) is -4.77. The topological polar surface area (TPSA) is 155 Å². The Morgan fingerprint density at radius 1 is 0.426 bits per heavy atom. The van der Waals surface area contributed by atoms with Crippen LogP contribution in [0, 0.1) is 0 Å². The van der Waals surface area contributed by atoms with Crippen LogP contribution < -0.4 is 0 Å². The second-order valence-electron chi connectivity index (χ2n) is 16.9. The van der Waals surface area contributed by atoms with E-state index in [9.17, 15) is 28.9 Å². The van der Waals surface area contributed by atoms with E-state index in [0.717, 1.165) is 116 Å². The van der Waals surface area contributed by atoms with E-state index in [0.29, 0.717) is 19.3 Å². The third-order valence-corrected chi connectivity index (χ3v) is 11.4. The zero-order valence-corrected chi connectivity index (χ0v) is 43.4. The second-order valence-corrected chi connectivity index (χ2v) is 18.4. The highest BCUT2D eigenvalue weighted by molar-refractivity contribution is 7.47. The van der Waals surface area contributed by atoms with E-state index in [1.165, 1.54) is 25.7 Å². The van der Waals surface area contributed by atoms with E-state index in [2.05, 4.69) is 118 Å². The van der Waals surface area contributed by atoms with Gasteiger partial charge in [0.15, 0.2) is 6.10 Å². The lowest BCUT2D eigenvalue weighted by Gasteiger charge is -2.21. The number of aliphatic hydroxyl groups is 1. The summed E-state index contributed by atoms with van der Waals surface area (Å²) < 4.78 is 39.3. The quantitative estimate of drug-likeness (QED) is 0.0197. The largest absolute Gasteiger partial charge is 0.472 e. The van der Waals surface area contributed by atoms with Gasteiger partial charge in [-0.2, -0.15) is 0 Å². The SMILES string of the molecule is CC/C=C\C/C=C\C/C=C\C/C=C\CCCCC(=O)OC(COC(=O)CCCCC/C=C\C/C=C\C/C=C\CC)COP(=O)(O)OCC(CO)OC(=O)CCCCCCC/C=C\CCCCCC. The summed E-state index contributed by atoms with van der Waals surface area (Å²) in [5, 5.41) is 9.77. The van der Waals surface area contributed by atoms with Gasteiger partial charge in [0.25, 0.3) is 0 Å². The first kappa shape index (κ1) is 64.4. The van der Waals surface area contributed by atoms with Crippen LogP contribution >= 0.6 is 7.82 Å². The molecule has 68 heavy (non-hydrogen) atoms. The number of aliphatic hydroxyl groups excluding tert-OH is 1. The summed E-state index contributed by atoms with van der Waals surface area (Å²) >= 11 is 0. The van der Waals surface area contributed by atoms with E-state index in [1.54, 1.807) is 0 Å². The zero-order valence-electron chi connectivity index (χ0n) is 42.5. The van der Waals surface area contributed by atoms with Gasteiger partial charge in [0.2, 0.25) is 0 Å². The molecule has 0 aliphatic rings. The van der Waals surface area contributed by atoms with Crippen molar-refractivity contribution < 1.29 is 52.2 Å². The minimum atomic E-state index is -4.77. The summed E-state index contributed by atoms with van der Waals surface area (Å²) in [5.74, 6) is -1.57. The molecule has 0 bridgehead atoms. The molecule has 0 saturated carbocycles. The first-order valence-electron chi connectivity index (χ1n) is 26.1. The van der Waals surface area contributed by atoms with Crippen LogP contribution in [0.15, 0.2) is 97.2 Å². The highest BCUT2D eigenvalue weighted by Crippen LogP contribution is 2.43. The Bertz CT molecular complexity index is 1510. The molecule has 3 unspecified atom stereocenters. The summed E-state index contributed by atoms with van der Waals surface area (Å²) in [6, 6.07) is 0. The van der Waals surface area contributed by atoms with E-state index in [4.69, 9.17) is 23.3 Å². The van der Waals surface area contributed by atoms with Gasteiger partial charge in [0.05, 0.1) is 19.8 Å². The van der Waals surface area contributed by atoms with Gasteiger partial charge < -0.3 is 24.2 Å². The molecule has 0 spiro atoms. The van der Waals surface area contributed by atoms with Crippen molar-refractivity contribution in [1.82, 2.24) is 0 Å². The number of phosphoric acid groups is 1. The highest BCUT2D eigenvalue weighted by Gasteiger charge is 2.28. The van der Waals surface area contributed by atoms with Gasteiger partial charge in [-0.25, -0.2) is 4.57 Å². The predicted molar refractivity (Wildman–Crippen MR) is 279 cm³/mol. The van der Waals surface area contributed by atoms with Crippen LogP contribution in [0.3, 0.4) is 0 Å². The van der Waals surface area contributed by atoms with Crippen LogP contribution in [-0.4, -0.2) is 66.5 Å². The van der Waals surface area contributed by atoms with Crippen molar-refractivity contribution in [1.29, 1.82) is 0 Å². The van der Waals surface area contributed by atoms with E-state index >= 15 is 0 Å². The normalized spacial score (nSPS) is 14.2. The van der Waals surface area contributed by atoms with Crippen molar-refractivity contribution in [2.45, 2.75) is 213 Å². The smallest absolute Gasteiger partial charge is 0.462 e. The van der Waals surface area contributed by atoms with Crippen molar-refractivity contribution >= 4 is 25.7 Å². The van der Waals surface area contributed by atoms with Gasteiger partial charge in [-0.3, -0.25) is 23.4 Å². The fourth-order valence-corrected chi connectivity index (χ4v) is 7.31. The van der Waals surface area contributed by atoms with Crippen LogP contribution in [0.25, 0.3) is 0 Å². The molecule has 12 heteroatoms. The molecule has 388 valence electrons. The minimum Gasteiger partial charge on any atom is -0.462 e. The first-order valence-corrected chi connectivity index (χ1v) is 27.6. The average molecular weight is 973 g/mol. The summed E-state index contributed by atoms with van der Waals surface area (Å²) in [4.78, 5) is 48.3. The van der Waals surface area contributed by atoms with Crippen molar-refractivity contribution in [2.24, 2.45) is 0 Å². The number of esters is 3. The molecule has 3 atom stereocenters. The number of hydrogen-bond donors (Lipinski definition) is 2. The van der Waals surface area contributed by atoms with Gasteiger partial charge in [0.1, 0.15) is 12.7 Å². The van der Waals surface area contributed by atoms with Gasteiger partial charge >= 0.3 is 25.7 Å². The van der Waals surface area contributed by atoms with Crippen LogP contribution in [-0.2, 0) is 42.2 Å². The number of allylic oxidation sites excluding steroid dienone is 16. The molecule has 0 aromatic rings. The highest BCUT2D eigenvalue weighted by atomic mass is 31.2. The Kier molecular flexibility index (Phi) is 47.2. The van der Waals surface area contributed by atoms with Crippen molar-refractivity contribution in [2.75, 3.05) is 26.4 Å². The lowest BCUT2D eigenvalue weighted by molar-refractivity contribution is -0.161. The van der Waals surface area contributed by atoms with Gasteiger partial charge in [-0.05, 0) is 116 Å².